The summed E-state index contributed by atoms with van der Waals surface area (Å²) in [6, 6.07) is 1.98. The van der Waals surface area contributed by atoms with E-state index in [1.165, 1.54) is 12.8 Å². The molecule has 0 radical (unpaired) electrons. The third kappa shape index (κ3) is 3.47. The Morgan fingerprint density at radius 1 is 0.976 bits per heavy atom. The molecule has 3 N–H and O–H groups in total. The molecule has 2 spiro atoms. The first-order valence-electron chi connectivity index (χ1n) is 16.3. The lowest BCUT2D eigenvalue weighted by Gasteiger charge is -2.63. The molecule has 7 heteroatoms. The summed E-state index contributed by atoms with van der Waals surface area (Å²) in [5, 5.41) is 34.7. The highest BCUT2D eigenvalue weighted by Crippen LogP contribution is 2.89. The number of aliphatic hydroxyl groups excluding tert-OH is 2. The minimum atomic E-state index is -1.18. The predicted molar refractivity (Wildman–Crippen MR) is 155 cm³/mol. The summed E-state index contributed by atoms with van der Waals surface area (Å²) in [4.78, 5) is 8.50. The molecule has 5 aliphatic carbocycles. The molecule has 5 saturated carbocycles. The van der Waals surface area contributed by atoms with Crippen LogP contribution in [0.5, 0.6) is 6.01 Å². The molecule has 41 heavy (non-hydrogen) atoms. The molecule has 2 heterocycles. The number of hydrogen-bond acceptors (Lipinski definition) is 7. The van der Waals surface area contributed by atoms with Crippen LogP contribution in [0.15, 0.2) is 18.5 Å². The normalized spacial score (nSPS) is 52.2. The molecular formula is C34H52N2O5. The molecule has 228 valence electrons. The molecule has 7 rings (SSSR count). The van der Waals surface area contributed by atoms with Crippen LogP contribution in [0, 0.1) is 50.7 Å². The Labute approximate surface area is 245 Å². The summed E-state index contributed by atoms with van der Waals surface area (Å²) in [6.07, 6.45) is 9.86. The van der Waals surface area contributed by atoms with Crippen molar-refractivity contribution >= 4 is 0 Å². The van der Waals surface area contributed by atoms with Gasteiger partial charge in [0, 0.05) is 17.8 Å². The molecule has 1 aromatic rings. The van der Waals surface area contributed by atoms with Gasteiger partial charge in [-0.1, -0.05) is 34.6 Å². The van der Waals surface area contributed by atoms with E-state index in [1.54, 1.807) is 32.3 Å². The molecule has 1 aliphatic heterocycles. The minimum absolute atomic E-state index is 0.0225. The Kier molecular flexibility index (Phi) is 6.02. The number of fused-ring (bicyclic) bond motifs is 4. The molecular weight excluding hydrogens is 516 g/mol. The average Bonchev–Trinajstić information content (AvgIpc) is 3.54. The largest absolute Gasteiger partial charge is 0.454 e. The van der Waals surface area contributed by atoms with Crippen molar-refractivity contribution in [3.63, 3.8) is 0 Å². The summed E-state index contributed by atoms with van der Waals surface area (Å²) < 4.78 is 13.1. The molecule has 13 atom stereocenters. The van der Waals surface area contributed by atoms with Crippen LogP contribution in [0.4, 0.5) is 0 Å². The van der Waals surface area contributed by atoms with Crippen LogP contribution >= 0.6 is 0 Å². The van der Waals surface area contributed by atoms with Gasteiger partial charge in [-0.2, -0.15) is 0 Å². The van der Waals surface area contributed by atoms with Crippen molar-refractivity contribution in [1.29, 1.82) is 0 Å². The van der Waals surface area contributed by atoms with Gasteiger partial charge in [-0.15, -0.1) is 0 Å². The van der Waals surface area contributed by atoms with E-state index in [9.17, 15) is 15.3 Å². The van der Waals surface area contributed by atoms with Crippen molar-refractivity contribution in [3.05, 3.63) is 18.5 Å². The summed E-state index contributed by atoms with van der Waals surface area (Å²) >= 11 is 0. The molecule has 0 aromatic carbocycles. The molecule has 0 bridgehead atoms. The van der Waals surface area contributed by atoms with Gasteiger partial charge in [0.05, 0.1) is 30.0 Å². The zero-order valence-electron chi connectivity index (χ0n) is 26.1. The lowest BCUT2D eigenvalue weighted by Crippen LogP contribution is -2.59. The van der Waals surface area contributed by atoms with Crippen LogP contribution in [0.1, 0.15) is 99.8 Å². The molecule has 1 aromatic heterocycles. The lowest BCUT2D eigenvalue weighted by atomic mass is 9.41. The topological polar surface area (TPSA) is 105 Å². The molecule has 0 amide bonds. The number of aromatic nitrogens is 2. The van der Waals surface area contributed by atoms with Crippen molar-refractivity contribution in [1.82, 2.24) is 9.97 Å². The number of ether oxygens (including phenoxy) is 2. The van der Waals surface area contributed by atoms with E-state index in [0.717, 1.165) is 38.5 Å². The zero-order chi connectivity index (χ0) is 29.4. The Morgan fingerprint density at radius 2 is 1.63 bits per heavy atom. The maximum absolute atomic E-state index is 12.5. The van der Waals surface area contributed by atoms with Crippen molar-refractivity contribution < 1.29 is 24.8 Å². The van der Waals surface area contributed by atoms with E-state index in [-0.39, 0.29) is 51.9 Å². The highest BCUT2D eigenvalue weighted by molar-refractivity contribution is 5.32. The number of aliphatic hydroxyl groups is 3. The fraction of sp³-hybridized carbons (Fsp3) is 0.882. The quantitative estimate of drug-likeness (QED) is 0.460. The first-order valence-corrected chi connectivity index (χ1v) is 16.3. The van der Waals surface area contributed by atoms with Gasteiger partial charge < -0.3 is 24.8 Å². The van der Waals surface area contributed by atoms with E-state index < -0.39 is 17.8 Å². The van der Waals surface area contributed by atoms with E-state index in [1.807, 2.05) is 0 Å². The Morgan fingerprint density at radius 3 is 2.32 bits per heavy atom. The van der Waals surface area contributed by atoms with Crippen LogP contribution in [0.25, 0.3) is 0 Å². The first-order chi connectivity index (χ1) is 19.1. The summed E-state index contributed by atoms with van der Waals surface area (Å²) in [5.41, 5.74) is -0.891. The minimum Gasteiger partial charge on any atom is -0.454 e. The fourth-order valence-electron chi connectivity index (χ4n) is 12.7. The Bertz CT molecular complexity index is 1190. The van der Waals surface area contributed by atoms with Crippen molar-refractivity contribution in [3.8, 4) is 6.01 Å². The number of nitrogens with zero attached hydrogens (tertiary/aromatic N) is 2. The van der Waals surface area contributed by atoms with Gasteiger partial charge in [0.2, 0.25) is 0 Å². The van der Waals surface area contributed by atoms with Crippen LogP contribution in [0.2, 0.25) is 0 Å². The SMILES string of the molecule is C[C@@H]1CC([C@H](Oc2ncccn2)C(C)(C)O)OC2C1[C@@]1(C)CC[C@@]34C[C@@]35CCC(O)C(C)(C)[C@@H]5CCC4[C@]1(C)[C@H]2O. The van der Waals surface area contributed by atoms with E-state index in [0.29, 0.717) is 23.2 Å². The van der Waals surface area contributed by atoms with Crippen molar-refractivity contribution in [2.45, 2.75) is 136 Å². The van der Waals surface area contributed by atoms with E-state index >= 15 is 0 Å². The molecule has 6 aliphatic rings. The van der Waals surface area contributed by atoms with Crippen molar-refractivity contribution in [2.24, 2.45) is 50.7 Å². The second kappa shape index (κ2) is 8.67. The Hall–Kier alpha value is -1.28. The van der Waals surface area contributed by atoms with Gasteiger partial charge in [-0.05, 0) is 117 Å². The lowest BCUT2D eigenvalue weighted by molar-refractivity contribution is -0.197. The average molecular weight is 569 g/mol. The molecule has 1 saturated heterocycles. The standard InChI is InChI=1S/C34H52N2O5/c1-19-17-20(27(30(4,5)39)41-28-35-15-8-16-36-28)40-25-24(19)31(6)13-14-34-18-33(34)12-11-23(37)29(2,3)21(33)9-10-22(34)32(31,7)26(25)38/h8,15-16,19-27,37-39H,9-14,17-18H2,1-7H3/t19-,20?,21+,22?,23?,24?,25?,26+,27+,31-,32-,33-,34+/m1/s1. The van der Waals surface area contributed by atoms with Gasteiger partial charge in [-0.25, -0.2) is 9.97 Å². The number of rotatable bonds is 4. The van der Waals surface area contributed by atoms with Gasteiger partial charge in [-0.3, -0.25) is 0 Å². The molecule has 5 unspecified atom stereocenters. The third-order valence-corrected chi connectivity index (χ3v) is 14.6. The maximum atomic E-state index is 12.5. The summed E-state index contributed by atoms with van der Waals surface area (Å²) in [6.45, 7) is 15.3. The second-order valence-electron chi connectivity index (χ2n) is 16.8. The zero-order valence-corrected chi connectivity index (χ0v) is 26.1. The fourth-order valence-corrected chi connectivity index (χ4v) is 12.7. The highest BCUT2D eigenvalue weighted by atomic mass is 16.6. The molecule has 7 nitrogen and oxygen atoms in total. The van der Waals surface area contributed by atoms with Crippen molar-refractivity contribution in [2.75, 3.05) is 0 Å². The highest BCUT2D eigenvalue weighted by Gasteiger charge is 2.84. The maximum Gasteiger partial charge on any atom is 0.316 e. The number of hydrogen-bond donors (Lipinski definition) is 3. The van der Waals surface area contributed by atoms with Gasteiger partial charge in [0.25, 0.3) is 0 Å². The second-order valence-corrected chi connectivity index (χ2v) is 16.8. The van der Waals surface area contributed by atoms with Crippen LogP contribution in [-0.2, 0) is 4.74 Å². The monoisotopic (exact) mass is 568 g/mol. The Balaban J connectivity index is 1.21. The summed E-state index contributed by atoms with van der Waals surface area (Å²) in [5.74, 6) is 1.59. The summed E-state index contributed by atoms with van der Waals surface area (Å²) in [7, 11) is 0. The van der Waals surface area contributed by atoms with E-state index in [4.69, 9.17) is 9.47 Å². The van der Waals surface area contributed by atoms with Crippen LogP contribution in [0.3, 0.4) is 0 Å². The van der Waals surface area contributed by atoms with Gasteiger partial charge >= 0.3 is 6.01 Å². The van der Waals surface area contributed by atoms with Gasteiger partial charge in [0.1, 0.15) is 0 Å². The third-order valence-electron chi connectivity index (χ3n) is 14.6. The first kappa shape index (κ1) is 28.5. The van der Waals surface area contributed by atoms with Crippen LogP contribution in [-0.4, -0.2) is 61.4 Å². The van der Waals surface area contributed by atoms with E-state index in [2.05, 4.69) is 44.6 Å². The molecule has 6 fully saturated rings. The van der Waals surface area contributed by atoms with Gasteiger partial charge in [0.15, 0.2) is 6.10 Å². The van der Waals surface area contributed by atoms with Crippen LogP contribution < -0.4 is 4.74 Å². The smallest absolute Gasteiger partial charge is 0.316 e. The predicted octanol–water partition coefficient (Wildman–Crippen LogP) is 5.17.